The third-order valence-corrected chi connectivity index (χ3v) is 2.05. The van der Waals surface area contributed by atoms with Crippen LogP contribution < -0.4 is 5.32 Å². The lowest BCUT2D eigenvalue weighted by molar-refractivity contribution is 0.207. The molecule has 1 aliphatic rings. The van der Waals surface area contributed by atoms with E-state index in [1.165, 1.54) is 0 Å². The molecule has 0 unspecified atom stereocenters. The molecule has 1 aliphatic heterocycles. The molecule has 0 aromatic carbocycles. The predicted molar refractivity (Wildman–Crippen MR) is 62.5 cm³/mol. The van der Waals surface area contributed by atoms with Gasteiger partial charge in [-0.3, -0.25) is 0 Å². The van der Waals surface area contributed by atoms with E-state index in [9.17, 15) is 4.79 Å². The summed E-state index contributed by atoms with van der Waals surface area (Å²) in [6.45, 7) is 10.9. The Morgan fingerprint density at radius 2 is 1.86 bits per heavy atom. The van der Waals surface area contributed by atoms with Gasteiger partial charge in [0.1, 0.15) is 0 Å². The second-order valence-corrected chi connectivity index (χ2v) is 3.77. The summed E-state index contributed by atoms with van der Waals surface area (Å²) < 4.78 is 0. The zero-order valence-corrected chi connectivity index (χ0v) is 9.97. The van der Waals surface area contributed by atoms with Gasteiger partial charge in [-0.25, -0.2) is 4.79 Å². The number of amides is 2. The maximum Gasteiger partial charge on any atom is 0.317 e. The molecule has 0 radical (unpaired) electrons. The molecule has 1 heterocycles. The number of urea groups is 1. The molecule has 1 N–H and O–H groups in total. The highest BCUT2D eigenvalue weighted by Gasteiger charge is 2.16. The molecule has 0 atom stereocenters. The highest BCUT2D eigenvalue weighted by atomic mass is 16.2. The van der Waals surface area contributed by atoms with Crippen LogP contribution in [0, 0.1) is 5.92 Å². The molecule has 0 bridgehead atoms. The Balaban J connectivity index is 0. The van der Waals surface area contributed by atoms with Crippen molar-refractivity contribution in [1.29, 1.82) is 0 Å². The van der Waals surface area contributed by atoms with Gasteiger partial charge in [-0.05, 0) is 18.8 Å². The number of nitrogens with zero attached hydrogens (tertiary/aromatic N) is 1. The van der Waals surface area contributed by atoms with E-state index in [4.69, 9.17) is 0 Å². The van der Waals surface area contributed by atoms with Gasteiger partial charge in [0.2, 0.25) is 0 Å². The maximum atomic E-state index is 11.4. The molecule has 0 aromatic heterocycles. The molecule has 0 aromatic rings. The molecular formula is C11H26N2O. The molecule has 0 aliphatic carbocycles. The van der Waals surface area contributed by atoms with E-state index in [-0.39, 0.29) is 7.46 Å². The molecule has 1 saturated heterocycles. The fourth-order valence-corrected chi connectivity index (χ4v) is 1.32. The van der Waals surface area contributed by atoms with Crippen LogP contribution in [0.15, 0.2) is 0 Å². The van der Waals surface area contributed by atoms with Crippen molar-refractivity contribution in [2.45, 2.75) is 40.5 Å². The molecule has 3 heteroatoms. The summed E-state index contributed by atoms with van der Waals surface area (Å²) in [7, 11) is 0. The standard InChI is InChI=1S/C9H18N2O.C2H6.H2/c1-8(2)7-10-9(12)11-5-3-4-6-11;1-2;/h8H,3-7H2,1-2H3,(H,10,12);1-2H3;1H. The molecule has 3 nitrogen and oxygen atoms in total. The quantitative estimate of drug-likeness (QED) is 0.733. The summed E-state index contributed by atoms with van der Waals surface area (Å²) in [5, 5.41) is 2.91. The van der Waals surface area contributed by atoms with E-state index < -0.39 is 0 Å². The Kier molecular flexibility index (Phi) is 7.25. The number of nitrogens with one attached hydrogen (secondary N) is 1. The third kappa shape index (κ3) is 5.10. The van der Waals surface area contributed by atoms with Gasteiger partial charge in [0, 0.05) is 21.1 Å². The van der Waals surface area contributed by atoms with E-state index in [0.29, 0.717) is 5.92 Å². The summed E-state index contributed by atoms with van der Waals surface area (Å²) in [6.07, 6.45) is 2.32. The largest absolute Gasteiger partial charge is 0.338 e. The average molecular weight is 202 g/mol. The summed E-state index contributed by atoms with van der Waals surface area (Å²) in [5.41, 5.74) is 0. The van der Waals surface area contributed by atoms with Gasteiger partial charge in [-0.1, -0.05) is 27.7 Å². The Morgan fingerprint density at radius 3 is 2.29 bits per heavy atom. The number of hydrogen-bond acceptors (Lipinski definition) is 1. The van der Waals surface area contributed by atoms with E-state index >= 15 is 0 Å². The van der Waals surface area contributed by atoms with Gasteiger partial charge in [0.05, 0.1) is 0 Å². The Labute approximate surface area is 89.3 Å². The lowest BCUT2D eigenvalue weighted by atomic mass is 10.2. The van der Waals surface area contributed by atoms with Gasteiger partial charge in [-0.2, -0.15) is 0 Å². The number of rotatable bonds is 2. The molecule has 0 saturated carbocycles. The van der Waals surface area contributed by atoms with Gasteiger partial charge < -0.3 is 10.2 Å². The van der Waals surface area contributed by atoms with Crippen molar-refractivity contribution < 1.29 is 6.22 Å². The van der Waals surface area contributed by atoms with Crippen LogP contribution in [0.4, 0.5) is 4.79 Å². The highest BCUT2D eigenvalue weighted by Crippen LogP contribution is 2.06. The number of carbonyl (C=O) groups excluding carboxylic acids is 1. The predicted octanol–water partition coefficient (Wildman–Crippen LogP) is 2.72. The maximum absolute atomic E-state index is 11.4. The van der Waals surface area contributed by atoms with Gasteiger partial charge in [0.25, 0.3) is 0 Å². The molecule has 86 valence electrons. The van der Waals surface area contributed by atoms with E-state index in [2.05, 4.69) is 19.2 Å². The number of carbonyl (C=O) groups is 1. The first-order valence-electron chi connectivity index (χ1n) is 5.73. The zero-order valence-electron chi connectivity index (χ0n) is 9.97. The topological polar surface area (TPSA) is 32.3 Å². The van der Waals surface area contributed by atoms with Crippen LogP contribution in [0.1, 0.15) is 42.0 Å². The van der Waals surface area contributed by atoms with Crippen LogP contribution in [0.25, 0.3) is 0 Å². The van der Waals surface area contributed by atoms with Gasteiger partial charge in [0.15, 0.2) is 0 Å². The minimum atomic E-state index is 0. The minimum Gasteiger partial charge on any atom is -0.338 e. The van der Waals surface area contributed by atoms with Gasteiger partial charge in [-0.15, -0.1) is 0 Å². The third-order valence-electron chi connectivity index (χ3n) is 2.05. The normalized spacial score (nSPS) is 15.1. The van der Waals surface area contributed by atoms with Crippen LogP contribution in [0.5, 0.6) is 0 Å². The van der Waals surface area contributed by atoms with Crippen LogP contribution in [-0.2, 0) is 0 Å². The highest BCUT2D eigenvalue weighted by molar-refractivity contribution is 5.74. The first-order valence-corrected chi connectivity index (χ1v) is 5.73. The summed E-state index contributed by atoms with van der Waals surface area (Å²) in [5.74, 6) is 0.538. The SMILES string of the molecule is CC.CC(C)CNC(=O)N1CCCC1.[HH]. The Hall–Kier alpha value is -0.730. The monoisotopic (exact) mass is 202 g/mol. The number of likely N-dealkylation sites (tertiary alicyclic amines) is 1. The fraction of sp³-hybridized carbons (Fsp3) is 0.909. The summed E-state index contributed by atoms with van der Waals surface area (Å²) >= 11 is 0. The molecule has 14 heavy (non-hydrogen) atoms. The van der Waals surface area contributed by atoms with Crippen molar-refractivity contribution in [3.8, 4) is 0 Å². The van der Waals surface area contributed by atoms with Crippen molar-refractivity contribution in [2.24, 2.45) is 5.92 Å². The van der Waals surface area contributed by atoms with Crippen LogP contribution in [0.3, 0.4) is 0 Å². The lowest BCUT2D eigenvalue weighted by Crippen LogP contribution is -2.39. The lowest BCUT2D eigenvalue weighted by Gasteiger charge is -2.16. The Bertz CT molecular complexity index is 157. The Morgan fingerprint density at radius 1 is 1.36 bits per heavy atom. The molecule has 1 fully saturated rings. The second-order valence-electron chi connectivity index (χ2n) is 3.77. The molecule has 0 spiro atoms. The first-order chi connectivity index (χ1) is 6.70. The van der Waals surface area contributed by atoms with Crippen molar-refractivity contribution in [2.75, 3.05) is 19.6 Å². The van der Waals surface area contributed by atoms with Gasteiger partial charge >= 0.3 is 6.03 Å². The van der Waals surface area contributed by atoms with Crippen LogP contribution in [0.2, 0.25) is 0 Å². The molecule has 1 rings (SSSR count). The van der Waals surface area contributed by atoms with E-state index in [0.717, 1.165) is 32.5 Å². The smallest absolute Gasteiger partial charge is 0.317 e. The van der Waals surface area contributed by atoms with Crippen LogP contribution >= 0.6 is 0 Å². The first kappa shape index (κ1) is 13.3. The van der Waals surface area contributed by atoms with Crippen molar-refractivity contribution in [3.05, 3.63) is 0 Å². The van der Waals surface area contributed by atoms with Crippen molar-refractivity contribution >= 4 is 6.03 Å². The molecular weight excluding hydrogens is 176 g/mol. The summed E-state index contributed by atoms with van der Waals surface area (Å²) in [4.78, 5) is 13.3. The zero-order chi connectivity index (χ0) is 11.0. The minimum absolute atomic E-state index is 0. The van der Waals surface area contributed by atoms with E-state index in [1.54, 1.807) is 0 Å². The van der Waals surface area contributed by atoms with Crippen LogP contribution in [-0.4, -0.2) is 30.6 Å². The summed E-state index contributed by atoms with van der Waals surface area (Å²) in [6, 6.07) is 0.112. The second kappa shape index (κ2) is 7.65. The van der Waals surface area contributed by atoms with Crippen molar-refractivity contribution in [1.82, 2.24) is 10.2 Å². The fourth-order valence-electron chi connectivity index (χ4n) is 1.32. The number of hydrogen-bond donors (Lipinski definition) is 1. The molecule has 2 amide bonds. The van der Waals surface area contributed by atoms with Crippen molar-refractivity contribution in [3.63, 3.8) is 0 Å². The van der Waals surface area contributed by atoms with E-state index in [1.807, 2.05) is 18.7 Å². The average Bonchev–Trinajstić information content (AvgIpc) is 2.70.